The van der Waals surface area contributed by atoms with Gasteiger partial charge in [0.2, 0.25) is 0 Å². The fourth-order valence-corrected chi connectivity index (χ4v) is 5.18. The number of amides is 1. The molecule has 1 aliphatic heterocycles. The van der Waals surface area contributed by atoms with Crippen molar-refractivity contribution in [3.8, 4) is 0 Å². The Hall–Kier alpha value is -3.30. The maximum absolute atomic E-state index is 13.1. The van der Waals surface area contributed by atoms with E-state index in [4.69, 9.17) is 4.74 Å². The third-order valence-corrected chi connectivity index (χ3v) is 6.82. The number of benzene rings is 1. The molecule has 1 saturated heterocycles. The molecule has 3 heterocycles. The van der Waals surface area contributed by atoms with Crippen LogP contribution in [0.2, 0.25) is 0 Å². The van der Waals surface area contributed by atoms with Crippen LogP contribution in [0.15, 0.2) is 53.4 Å². The minimum absolute atomic E-state index is 0.0100. The van der Waals surface area contributed by atoms with E-state index in [1.807, 2.05) is 5.38 Å². The van der Waals surface area contributed by atoms with Gasteiger partial charge in [0.25, 0.3) is 5.78 Å². The summed E-state index contributed by atoms with van der Waals surface area (Å²) in [4.78, 5) is 44.9. The first-order valence-corrected chi connectivity index (χ1v) is 11.2. The first-order chi connectivity index (χ1) is 14.9. The average Bonchev–Trinajstić information content (AvgIpc) is 3.48. The highest BCUT2D eigenvalue weighted by atomic mass is 32.1. The molecule has 9 heteroatoms. The number of nitrogens with zero attached hydrogens (tertiary/aromatic N) is 2. The number of hydrogen-bond donors (Lipinski definition) is 1. The third-order valence-electron chi connectivity index (χ3n) is 4.76. The zero-order valence-electron chi connectivity index (χ0n) is 16.7. The molecule has 7 nitrogen and oxygen atoms in total. The highest BCUT2D eigenvalue weighted by Crippen LogP contribution is 2.45. The van der Waals surface area contributed by atoms with Crippen molar-refractivity contribution in [2.45, 2.75) is 19.9 Å². The molecule has 0 radical (unpaired) electrons. The minimum atomic E-state index is -0.846. The summed E-state index contributed by atoms with van der Waals surface area (Å²) >= 11 is 2.35. The van der Waals surface area contributed by atoms with Gasteiger partial charge in [0.05, 0.1) is 17.9 Å². The van der Waals surface area contributed by atoms with Crippen molar-refractivity contribution in [1.82, 2.24) is 4.98 Å². The Balaban J connectivity index is 1.87. The van der Waals surface area contributed by atoms with E-state index in [9.17, 15) is 19.5 Å². The second kappa shape index (κ2) is 8.44. The largest absolute Gasteiger partial charge is 0.507 e. The van der Waals surface area contributed by atoms with Crippen molar-refractivity contribution in [2.24, 2.45) is 0 Å². The van der Waals surface area contributed by atoms with Crippen LogP contribution in [0.5, 0.6) is 0 Å². The van der Waals surface area contributed by atoms with Crippen LogP contribution < -0.4 is 4.90 Å². The van der Waals surface area contributed by atoms with Gasteiger partial charge in [0, 0.05) is 10.4 Å². The SMILES string of the molecule is CCOC(=O)c1sc(N2C(=O)C(=O)C(=C(O)c3ccccc3)[C@@H]2c2cccs2)nc1C. The van der Waals surface area contributed by atoms with Crippen LogP contribution in [0.25, 0.3) is 5.76 Å². The van der Waals surface area contributed by atoms with Crippen molar-refractivity contribution < 1.29 is 24.2 Å². The van der Waals surface area contributed by atoms with E-state index in [1.54, 1.807) is 56.3 Å². The molecule has 1 fully saturated rings. The van der Waals surface area contributed by atoms with Gasteiger partial charge in [0.1, 0.15) is 16.7 Å². The number of anilines is 1. The van der Waals surface area contributed by atoms with E-state index in [0.717, 1.165) is 11.3 Å². The first kappa shape index (κ1) is 21.0. The Morgan fingerprint density at radius 2 is 1.94 bits per heavy atom. The number of carbonyl (C=O) groups excluding carboxylic acids is 3. The zero-order chi connectivity index (χ0) is 22.1. The van der Waals surface area contributed by atoms with Crippen LogP contribution in [0.3, 0.4) is 0 Å². The molecular weight excluding hydrogens is 436 g/mol. The lowest BCUT2D eigenvalue weighted by atomic mass is 10.00. The van der Waals surface area contributed by atoms with Gasteiger partial charge < -0.3 is 9.84 Å². The van der Waals surface area contributed by atoms with E-state index in [2.05, 4.69) is 4.98 Å². The average molecular weight is 455 g/mol. The van der Waals surface area contributed by atoms with E-state index in [1.165, 1.54) is 16.2 Å². The number of esters is 1. The van der Waals surface area contributed by atoms with Gasteiger partial charge in [-0.05, 0) is 25.3 Å². The highest BCUT2D eigenvalue weighted by molar-refractivity contribution is 7.18. The van der Waals surface area contributed by atoms with Gasteiger partial charge in [0.15, 0.2) is 5.13 Å². The lowest BCUT2D eigenvalue weighted by Crippen LogP contribution is -2.29. The Labute approximate surface area is 186 Å². The van der Waals surface area contributed by atoms with E-state index in [-0.39, 0.29) is 27.9 Å². The number of ether oxygens (including phenoxy) is 1. The second-order valence-corrected chi connectivity index (χ2v) is 8.64. The predicted molar refractivity (Wildman–Crippen MR) is 118 cm³/mol. The van der Waals surface area contributed by atoms with Crippen molar-refractivity contribution in [1.29, 1.82) is 0 Å². The molecule has 1 amide bonds. The van der Waals surface area contributed by atoms with Gasteiger partial charge in [-0.3, -0.25) is 14.5 Å². The molecule has 31 heavy (non-hydrogen) atoms. The predicted octanol–water partition coefficient (Wildman–Crippen LogP) is 4.32. The van der Waals surface area contributed by atoms with Crippen LogP contribution in [-0.2, 0) is 14.3 Å². The smallest absolute Gasteiger partial charge is 0.350 e. The van der Waals surface area contributed by atoms with Crippen molar-refractivity contribution in [3.63, 3.8) is 0 Å². The summed E-state index contributed by atoms with van der Waals surface area (Å²) in [7, 11) is 0. The quantitative estimate of drug-likeness (QED) is 0.267. The summed E-state index contributed by atoms with van der Waals surface area (Å²) in [5.41, 5.74) is 0.835. The molecule has 0 unspecified atom stereocenters. The van der Waals surface area contributed by atoms with Gasteiger partial charge in [-0.1, -0.05) is 47.7 Å². The molecule has 0 spiro atoms. The minimum Gasteiger partial charge on any atom is -0.507 e. The summed E-state index contributed by atoms with van der Waals surface area (Å²) in [5.74, 6) is -2.39. The van der Waals surface area contributed by atoms with Crippen LogP contribution >= 0.6 is 22.7 Å². The molecule has 4 rings (SSSR count). The summed E-state index contributed by atoms with van der Waals surface area (Å²) in [5, 5.41) is 13.0. The van der Waals surface area contributed by atoms with E-state index >= 15 is 0 Å². The van der Waals surface area contributed by atoms with Crippen molar-refractivity contribution in [3.05, 3.63) is 74.4 Å². The highest BCUT2D eigenvalue weighted by Gasteiger charge is 2.48. The number of aromatic nitrogens is 1. The maximum Gasteiger partial charge on any atom is 0.350 e. The molecule has 2 aromatic heterocycles. The lowest BCUT2D eigenvalue weighted by molar-refractivity contribution is -0.132. The van der Waals surface area contributed by atoms with Gasteiger partial charge in [-0.2, -0.15) is 0 Å². The van der Waals surface area contributed by atoms with Crippen LogP contribution in [0.4, 0.5) is 5.13 Å². The van der Waals surface area contributed by atoms with Gasteiger partial charge >= 0.3 is 11.9 Å². The topological polar surface area (TPSA) is 96.8 Å². The summed E-state index contributed by atoms with van der Waals surface area (Å²) in [6, 6.07) is 11.4. The Morgan fingerprint density at radius 1 is 1.19 bits per heavy atom. The van der Waals surface area contributed by atoms with Gasteiger partial charge in [-0.15, -0.1) is 11.3 Å². The summed E-state index contributed by atoms with van der Waals surface area (Å²) in [6.07, 6.45) is 0. The summed E-state index contributed by atoms with van der Waals surface area (Å²) in [6.45, 7) is 3.56. The fraction of sp³-hybridized carbons (Fsp3) is 0.182. The van der Waals surface area contributed by atoms with Gasteiger partial charge in [-0.25, -0.2) is 9.78 Å². The molecule has 1 aliphatic rings. The number of thiophene rings is 1. The molecule has 0 aliphatic carbocycles. The molecule has 1 N–H and O–H groups in total. The zero-order valence-corrected chi connectivity index (χ0v) is 18.3. The number of thiazole rings is 1. The second-order valence-electron chi connectivity index (χ2n) is 6.68. The number of Topliss-reactive ketones (excluding diaryl/α,β-unsaturated/α-hetero) is 1. The first-order valence-electron chi connectivity index (χ1n) is 9.48. The number of hydrogen-bond acceptors (Lipinski definition) is 8. The number of rotatable bonds is 5. The number of ketones is 1. The Morgan fingerprint density at radius 3 is 2.58 bits per heavy atom. The number of aliphatic hydroxyl groups is 1. The molecule has 1 atom stereocenters. The molecule has 0 saturated carbocycles. The maximum atomic E-state index is 13.1. The molecule has 3 aromatic rings. The number of aryl methyl sites for hydroxylation is 1. The van der Waals surface area contributed by atoms with Crippen molar-refractivity contribution in [2.75, 3.05) is 11.5 Å². The van der Waals surface area contributed by atoms with E-state index in [0.29, 0.717) is 16.1 Å². The third kappa shape index (κ3) is 3.66. The standard InChI is InChI=1S/C22H18N2O5S2/c1-3-29-21(28)19-12(2)23-22(31-19)24-16(14-10-7-11-30-14)15(18(26)20(24)27)17(25)13-8-5-4-6-9-13/h4-11,16,25H,3H2,1-2H3/t16-/m0/s1. The number of aliphatic hydroxyl groups excluding tert-OH is 1. The van der Waals surface area contributed by atoms with Crippen molar-refractivity contribution >= 4 is 51.2 Å². The molecule has 0 bridgehead atoms. The normalized spacial score (nSPS) is 17.9. The van der Waals surface area contributed by atoms with Crippen LogP contribution in [-0.4, -0.2) is 34.4 Å². The Bertz CT molecular complexity index is 1180. The molecule has 1 aromatic carbocycles. The fourth-order valence-electron chi connectivity index (χ4n) is 3.37. The molecular formula is C22H18N2O5S2. The van der Waals surface area contributed by atoms with Crippen LogP contribution in [0.1, 0.15) is 38.8 Å². The monoisotopic (exact) mass is 454 g/mol. The Kier molecular flexibility index (Phi) is 5.71. The summed E-state index contributed by atoms with van der Waals surface area (Å²) < 4.78 is 5.06. The lowest BCUT2D eigenvalue weighted by Gasteiger charge is -2.21. The van der Waals surface area contributed by atoms with Crippen LogP contribution in [0, 0.1) is 6.92 Å². The molecule has 158 valence electrons. The number of carbonyl (C=O) groups is 3. The van der Waals surface area contributed by atoms with E-state index < -0.39 is 23.7 Å².